The Morgan fingerprint density at radius 1 is 1.40 bits per heavy atom. The highest BCUT2D eigenvalue weighted by Crippen LogP contribution is 2.30. The molecule has 0 amide bonds. The largest absolute Gasteiger partial charge is 0.354 e. The van der Waals surface area contributed by atoms with Gasteiger partial charge in [-0.15, -0.1) is 0 Å². The zero-order valence-corrected chi connectivity index (χ0v) is 12.5. The molecule has 0 radical (unpaired) electrons. The maximum absolute atomic E-state index is 13.1. The molecule has 2 aromatic rings. The van der Waals surface area contributed by atoms with E-state index < -0.39 is 0 Å². The number of piperidine rings is 1. The van der Waals surface area contributed by atoms with E-state index in [4.69, 9.17) is 5.73 Å². The third kappa shape index (κ3) is 2.71. The molecule has 1 saturated heterocycles. The molecule has 0 bridgehead atoms. The highest BCUT2D eigenvalue weighted by atomic mass is 79.9. The first-order valence-electron chi connectivity index (χ1n) is 6.65. The molecule has 3 N–H and O–H groups in total. The summed E-state index contributed by atoms with van der Waals surface area (Å²) in [5.74, 6) is 0.633. The van der Waals surface area contributed by atoms with Gasteiger partial charge in [0.1, 0.15) is 5.82 Å². The van der Waals surface area contributed by atoms with Gasteiger partial charge in [0.15, 0.2) is 5.82 Å². The smallest absolute Gasteiger partial charge is 0.151 e. The minimum absolute atomic E-state index is 0.210. The van der Waals surface area contributed by atoms with Crippen LogP contribution < -0.4 is 10.6 Å². The third-order valence-corrected chi connectivity index (χ3v) is 4.22. The van der Waals surface area contributed by atoms with Gasteiger partial charge in [0.2, 0.25) is 0 Å². The molecular weight excluding hydrogens is 323 g/mol. The summed E-state index contributed by atoms with van der Waals surface area (Å²) < 4.78 is 13.8. The zero-order valence-electron chi connectivity index (χ0n) is 10.9. The summed E-state index contributed by atoms with van der Waals surface area (Å²) in [5, 5.41) is 7.35. The van der Waals surface area contributed by atoms with Crippen molar-refractivity contribution in [1.29, 1.82) is 0 Å². The van der Waals surface area contributed by atoms with Crippen LogP contribution in [0.2, 0.25) is 0 Å². The molecule has 0 saturated carbocycles. The molecule has 1 aromatic carbocycles. The summed E-state index contributed by atoms with van der Waals surface area (Å²) in [6.07, 6.45) is 2.15. The fourth-order valence-corrected chi connectivity index (χ4v) is 3.10. The van der Waals surface area contributed by atoms with Crippen molar-refractivity contribution in [2.45, 2.75) is 18.9 Å². The predicted octanol–water partition coefficient (Wildman–Crippen LogP) is 2.91. The Morgan fingerprint density at radius 3 is 3.00 bits per heavy atom. The summed E-state index contributed by atoms with van der Waals surface area (Å²) in [5.41, 5.74) is 7.75. The van der Waals surface area contributed by atoms with Crippen molar-refractivity contribution in [1.82, 2.24) is 10.2 Å². The van der Waals surface area contributed by atoms with E-state index in [1.807, 2.05) is 6.07 Å². The van der Waals surface area contributed by atoms with Gasteiger partial charge in [-0.25, -0.2) is 4.39 Å². The van der Waals surface area contributed by atoms with Gasteiger partial charge in [-0.05, 0) is 47.0 Å². The number of halogens is 2. The first-order valence-corrected chi connectivity index (χ1v) is 7.44. The van der Waals surface area contributed by atoms with Crippen LogP contribution in [0.4, 0.5) is 10.2 Å². The van der Waals surface area contributed by atoms with Crippen LogP contribution in [0, 0.1) is 5.82 Å². The average Bonchev–Trinajstić information content (AvgIpc) is 2.88. The average molecular weight is 339 g/mol. The van der Waals surface area contributed by atoms with E-state index in [0.29, 0.717) is 4.47 Å². The van der Waals surface area contributed by atoms with Crippen LogP contribution in [0.25, 0.3) is 11.3 Å². The summed E-state index contributed by atoms with van der Waals surface area (Å²) in [6, 6.07) is 6.82. The molecule has 0 spiro atoms. The van der Waals surface area contributed by atoms with E-state index in [0.717, 1.165) is 43.0 Å². The van der Waals surface area contributed by atoms with E-state index in [2.05, 4.69) is 31.0 Å². The zero-order chi connectivity index (χ0) is 14.1. The molecule has 4 nitrogen and oxygen atoms in total. The first-order chi connectivity index (χ1) is 9.63. The molecule has 1 atom stereocenters. The molecule has 0 aliphatic carbocycles. The number of benzene rings is 1. The SMILES string of the molecule is NC1CCCN(c2cc(-c3ccc(F)cc3Br)[nH]n2)C1. The molecule has 20 heavy (non-hydrogen) atoms. The van der Waals surface area contributed by atoms with E-state index in [9.17, 15) is 4.39 Å². The number of nitrogens with two attached hydrogens (primary N) is 1. The van der Waals surface area contributed by atoms with E-state index in [1.54, 1.807) is 6.07 Å². The number of rotatable bonds is 2. The lowest BCUT2D eigenvalue weighted by molar-refractivity contribution is 0.503. The first kappa shape index (κ1) is 13.6. The van der Waals surface area contributed by atoms with Crippen molar-refractivity contribution in [2.75, 3.05) is 18.0 Å². The lowest BCUT2D eigenvalue weighted by Crippen LogP contribution is -2.43. The highest BCUT2D eigenvalue weighted by Gasteiger charge is 2.19. The maximum Gasteiger partial charge on any atom is 0.151 e. The van der Waals surface area contributed by atoms with Crippen molar-refractivity contribution < 1.29 is 4.39 Å². The Balaban J connectivity index is 1.86. The van der Waals surface area contributed by atoms with Crippen molar-refractivity contribution in [3.05, 3.63) is 34.6 Å². The van der Waals surface area contributed by atoms with Crippen molar-refractivity contribution in [3.63, 3.8) is 0 Å². The fraction of sp³-hybridized carbons (Fsp3) is 0.357. The summed E-state index contributed by atoms with van der Waals surface area (Å²) in [4.78, 5) is 2.19. The minimum atomic E-state index is -0.262. The Hall–Kier alpha value is -1.40. The number of aromatic nitrogens is 2. The van der Waals surface area contributed by atoms with Gasteiger partial charge in [0.05, 0.1) is 5.69 Å². The number of anilines is 1. The number of aromatic amines is 1. The van der Waals surface area contributed by atoms with Gasteiger partial charge in [0.25, 0.3) is 0 Å². The molecule has 106 valence electrons. The molecule has 1 aliphatic rings. The van der Waals surface area contributed by atoms with Crippen LogP contribution in [0.5, 0.6) is 0 Å². The van der Waals surface area contributed by atoms with Gasteiger partial charge < -0.3 is 10.6 Å². The summed E-state index contributed by atoms with van der Waals surface area (Å²) in [6.45, 7) is 1.80. The Kier molecular flexibility index (Phi) is 3.76. The normalized spacial score (nSPS) is 19.4. The van der Waals surface area contributed by atoms with Crippen molar-refractivity contribution in [2.24, 2.45) is 5.73 Å². The van der Waals surface area contributed by atoms with E-state index in [1.165, 1.54) is 12.1 Å². The van der Waals surface area contributed by atoms with Gasteiger partial charge >= 0.3 is 0 Å². The van der Waals surface area contributed by atoms with E-state index in [-0.39, 0.29) is 11.9 Å². The van der Waals surface area contributed by atoms with Gasteiger partial charge in [-0.1, -0.05) is 0 Å². The second kappa shape index (κ2) is 5.54. The standard InChI is InChI=1S/C14H16BrFN4/c15-12-6-9(16)3-4-11(12)13-7-14(19-18-13)20-5-1-2-10(17)8-20/h3-4,6-7,10H,1-2,5,8,17H2,(H,18,19). The summed E-state index contributed by atoms with van der Waals surface area (Å²) in [7, 11) is 0. The Labute approximate surface area is 125 Å². The molecule has 1 aromatic heterocycles. The van der Waals surface area contributed by atoms with Crippen LogP contribution in [-0.2, 0) is 0 Å². The second-order valence-electron chi connectivity index (χ2n) is 5.11. The molecule has 1 aliphatic heterocycles. The number of nitrogens with one attached hydrogen (secondary N) is 1. The topological polar surface area (TPSA) is 57.9 Å². The predicted molar refractivity (Wildman–Crippen MR) is 81.1 cm³/mol. The minimum Gasteiger partial charge on any atom is -0.354 e. The summed E-state index contributed by atoms with van der Waals surface area (Å²) >= 11 is 3.38. The molecule has 1 fully saturated rings. The molecular formula is C14H16BrFN4. The Bertz CT molecular complexity index is 613. The molecule has 6 heteroatoms. The molecule has 3 rings (SSSR count). The Morgan fingerprint density at radius 2 is 2.25 bits per heavy atom. The number of H-pyrrole nitrogens is 1. The highest BCUT2D eigenvalue weighted by molar-refractivity contribution is 9.10. The van der Waals surface area contributed by atoms with Crippen LogP contribution in [0.3, 0.4) is 0 Å². The second-order valence-corrected chi connectivity index (χ2v) is 5.97. The van der Waals surface area contributed by atoms with Crippen molar-refractivity contribution in [3.8, 4) is 11.3 Å². The monoisotopic (exact) mass is 338 g/mol. The van der Waals surface area contributed by atoms with Crippen molar-refractivity contribution >= 4 is 21.7 Å². The van der Waals surface area contributed by atoms with Crippen LogP contribution in [0.15, 0.2) is 28.7 Å². The lowest BCUT2D eigenvalue weighted by Gasteiger charge is -2.30. The van der Waals surface area contributed by atoms with Gasteiger partial charge in [-0.2, -0.15) is 5.10 Å². The number of hydrogen-bond donors (Lipinski definition) is 2. The maximum atomic E-state index is 13.1. The van der Waals surface area contributed by atoms with E-state index >= 15 is 0 Å². The quantitative estimate of drug-likeness (QED) is 0.885. The van der Waals surface area contributed by atoms with Crippen LogP contribution in [0.1, 0.15) is 12.8 Å². The van der Waals surface area contributed by atoms with Gasteiger partial charge in [-0.3, -0.25) is 5.10 Å². The van der Waals surface area contributed by atoms with Crippen LogP contribution >= 0.6 is 15.9 Å². The fourth-order valence-electron chi connectivity index (χ4n) is 2.54. The third-order valence-electron chi connectivity index (χ3n) is 3.57. The van der Waals surface area contributed by atoms with Gasteiger partial charge in [0, 0.05) is 35.2 Å². The van der Waals surface area contributed by atoms with Crippen LogP contribution in [-0.4, -0.2) is 29.3 Å². The molecule has 2 heterocycles. The lowest BCUT2D eigenvalue weighted by atomic mass is 10.1. The molecule has 1 unspecified atom stereocenters. The number of nitrogens with zero attached hydrogens (tertiary/aromatic N) is 2. The number of hydrogen-bond acceptors (Lipinski definition) is 3.